The number of fused-ring (bicyclic) bond motifs is 5. The van der Waals surface area contributed by atoms with Crippen LogP contribution in [0.25, 0.3) is 21.8 Å². The van der Waals surface area contributed by atoms with Crippen LogP contribution in [-0.4, -0.2) is 32.4 Å². The molecule has 1 aromatic heterocycles. The molecule has 4 rings (SSSR count). The van der Waals surface area contributed by atoms with Crippen molar-refractivity contribution in [1.29, 1.82) is 0 Å². The molecule has 0 aliphatic carbocycles. The van der Waals surface area contributed by atoms with Crippen LogP contribution in [0.2, 0.25) is 0 Å². The Labute approximate surface area is 121 Å². The second-order valence-electron chi connectivity index (χ2n) is 4.86. The second-order valence-corrected chi connectivity index (χ2v) is 4.86. The molecule has 1 aliphatic rings. The summed E-state index contributed by atoms with van der Waals surface area (Å²) in [5.74, 6) is 2.92. The molecule has 0 fully saturated rings. The van der Waals surface area contributed by atoms with Gasteiger partial charge < -0.3 is 23.9 Å². The zero-order chi connectivity index (χ0) is 14.4. The Hall–Kier alpha value is -2.56. The Morgan fingerprint density at radius 1 is 0.905 bits per heavy atom. The maximum absolute atomic E-state index is 5.77. The first-order valence-electron chi connectivity index (χ1n) is 6.78. The predicted octanol–water partition coefficient (Wildman–Crippen LogP) is 3.11. The Balaban J connectivity index is 2.10. The normalized spacial score (nSPS) is 13.6. The van der Waals surface area contributed by atoms with Gasteiger partial charge in [0.2, 0.25) is 0 Å². The molecule has 2 aromatic carbocycles. The molecule has 0 saturated heterocycles. The molecule has 0 amide bonds. The van der Waals surface area contributed by atoms with Gasteiger partial charge in [-0.2, -0.15) is 0 Å². The van der Waals surface area contributed by atoms with Crippen molar-refractivity contribution in [2.45, 2.75) is 0 Å². The highest BCUT2D eigenvalue weighted by atomic mass is 16.6. The highest BCUT2D eigenvalue weighted by Gasteiger charge is 2.20. The first-order chi connectivity index (χ1) is 10.3. The van der Waals surface area contributed by atoms with Gasteiger partial charge in [-0.1, -0.05) is 0 Å². The molecule has 5 heteroatoms. The Bertz CT molecular complexity index is 787. The molecule has 1 N–H and O–H groups in total. The fourth-order valence-corrected chi connectivity index (χ4v) is 2.86. The molecule has 21 heavy (non-hydrogen) atoms. The standard InChI is InChI=1S/C16H15NO4/c1-18-11-5-3-9-10-4-6-12-16(21-8-7-20-12)14(10)17-13(9)15(11)19-2/h3-6,17H,7-8H2,1-2H3. The number of aromatic nitrogens is 1. The van der Waals surface area contributed by atoms with Gasteiger partial charge in [0.05, 0.1) is 25.3 Å². The summed E-state index contributed by atoms with van der Waals surface area (Å²) in [5.41, 5.74) is 1.82. The topological polar surface area (TPSA) is 52.7 Å². The van der Waals surface area contributed by atoms with E-state index in [1.54, 1.807) is 14.2 Å². The number of rotatable bonds is 2. The van der Waals surface area contributed by atoms with Crippen LogP contribution in [0.1, 0.15) is 0 Å². The zero-order valence-electron chi connectivity index (χ0n) is 11.9. The number of benzene rings is 2. The lowest BCUT2D eigenvalue weighted by Crippen LogP contribution is -2.15. The largest absolute Gasteiger partial charge is 0.493 e. The average molecular weight is 285 g/mol. The molecule has 0 unspecified atom stereocenters. The van der Waals surface area contributed by atoms with E-state index in [2.05, 4.69) is 4.98 Å². The van der Waals surface area contributed by atoms with E-state index in [1.165, 1.54) is 0 Å². The summed E-state index contributed by atoms with van der Waals surface area (Å²) in [6.45, 7) is 1.14. The smallest absolute Gasteiger partial charge is 0.185 e. The number of hydrogen-bond donors (Lipinski definition) is 1. The Kier molecular flexibility index (Phi) is 2.60. The fraction of sp³-hybridized carbons (Fsp3) is 0.250. The van der Waals surface area contributed by atoms with E-state index in [-0.39, 0.29) is 0 Å². The third-order valence-electron chi connectivity index (χ3n) is 3.79. The number of hydrogen-bond acceptors (Lipinski definition) is 4. The van der Waals surface area contributed by atoms with Crippen molar-refractivity contribution in [3.05, 3.63) is 24.3 Å². The van der Waals surface area contributed by atoms with Gasteiger partial charge >= 0.3 is 0 Å². The molecule has 3 aromatic rings. The van der Waals surface area contributed by atoms with Crippen molar-refractivity contribution in [2.75, 3.05) is 27.4 Å². The van der Waals surface area contributed by atoms with Gasteiger partial charge in [-0.05, 0) is 24.3 Å². The number of methoxy groups -OCH3 is 2. The van der Waals surface area contributed by atoms with E-state index >= 15 is 0 Å². The number of ether oxygens (including phenoxy) is 4. The van der Waals surface area contributed by atoms with Crippen molar-refractivity contribution in [2.24, 2.45) is 0 Å². The number of H-pyrrole nitrogens is 1. The minimum absolute atomic E-state index is 0.557. The van der Waals surface area contributed by atoms with Crippen molar-refractivity contribution >= 4 is 21.8 Å². The minimum Gasteiger partial charge on any atom is -0.493 e. The first kappa shape index (κ1) is 12.2. The Morgan fingerprint density at radius 3 is 2.48 bits per heavy atom. The quantitative estimate of drug-likeness (QED) is 0.786. The fourth-order valence-electron chi connectivity index (χ4n) is 2.86. The van der Waals surface area contributed by atoms with Gasteiger partial charge in [-0.3, -0.25) is 0 Å². The van der Waals surface area contributed by atoms with E-state index in [0.717, 1.165) is 33.3 Å². The lowest BCUT2D eigenvalue weighted by molar-refractivity contribution is 0.173. The van der Waals surface area contributed by atoms with E-state index in [0.29, 0.717) is 24.7 Å². The molecule has 0 spiro atoms. The summed E-state index contributed by atoms with van der Waals surface area (Å²) in [6.07, 6.45) is 0. The van der Waals surface area contributed by atoms with Crippen LogP contribution in [0.4, 0.5) is 0 Å². The second kappa shape index (κ2) is 4.48. The van der Waals surface area contributed by atoms with Crippen LogP contribution in [-0.2, 0) is 0 Å². The van der Waals surface area contributed by atoms with Crippen molar-refractivity contribution in [3.63, 3.8) is 0 Å². The van der Waals surface area contributed by atoms with Gasteiger partial charge in [-0.25, -0.2) is 0 Å². The molecule has 0 saturated carbocycles. The van der Waals surface area contributed by atoms with Crippen LogP contribution >= 0.6 is 0 Å². The van der Waals surface area contributed by atoms with Crippen molar-refractivity contribution in [3.8, 4) is 23.0 Å². The zero-order valence-corrected chi connectivity index (χ0v) is 11.9. The lowest BCUT2D eigenvalue weighted by atomic mass is 10.1. The SMILES string of the molecule is COc1ccc2c([nH]c3c4c(ccc32)OCCO4)c1OC. The molecule has 0 bridgehead atoms. The molecule has 0 atom stereocenters. The van der Waals surface area contributed by atoms with Gasteiger partial charge in [0.15, 0.2) is 23.0 Å². The van der Waals surface area contributed by atoms with Crippen LogP contribution < -0.4 is 18.9 Å². The molecule has 108 valence electrons. The maximum Gasteiger partial charge on any atom is 0.185 e. The van der Waals surface area contributed by atoms with Gasteiger partial charge in [0.1, 0.15) is 13.2 Å². The Morgan fingerprint density at radius 2 is 1.67 bits per heavy atom. The molecule has 0 radical (unpaired) electrons. The summed E-state index contributed by atoms with van der Waals surface area (Å²) >= 11 is 0. The van der Waals surface area contributed by atoms with Crippen molar-refractivity contribution < 1.29 is 18.9 Å². The molecular formula is C16H15NO4. The summed E-state index contributed by atoms with van der Waals surface area (Å²) < 4.78 is 22.2. The molecule has 5 nitrogen and oxygen atoms in total. The third-order valence-corrected chi connectivity index (χ3v) is 3.79. The summed E-state index contributed by atoms with van der Waals surface area (Å²) in [7, 11) is 3.27. The highest BCUT2D eigenvalue weighted by Crippen LogP contribution is 2.44. The first-order valence-corrected chi connectivity index (χ1v) is 6.78. The van der Waals surface area contributed by atoms with E-state index in [1.807, 2.05) is 24.3 Å². The van der Waals surface area contributed by atoms with Crippen LogP contribution in [0.15, 0.2) is 24.3 Å². The van der Waals surface area contributed by atoms with Crippen molar-refractivity contribution in [1.82, 2.24) is 4.98 Å². The third kappa shape index (κ3) is 1.63. The minimum atomic E-state index is 0.557. The molecule has 1 aliphatic heterocycles. The van der Waals surface area contributed by atoms with Gasteiger partial charge in [-0.15, -0.1) is 0 Å². The lowest BCUT2D eigenvalue weighted by Gasteiger charge is -2.18. The number of nitrogens with one attached hydrogen (secondary N) is 1. The van der Waals surface area contributed by atoms with Crippen LogP contribution in [0, 0.1) is 0 Å². The maximum atomic E-state index is 5.77. The van der Waals surface area contributed by atoms with Gasteiger partial charge in [0.25, 0.3) is 0 Å². The highest BCUT2D eigenvalue weighted by molar-refractivity contribution is 6.12. The monoisotopic (exact) mass is 285 g/mol. The summed E-state index contributed by atoms with van der Waals surface area (Å²) in [4.78, 5) is 3.39. The molecular weight excluding hydrogens is 270 g/mol. The molecule has 2 heterocycles. The van der Waals surface area contributed by atoms with Crippen LogP contribution in [0.5, 0.6) is 23.0 Å². The van der Waals surface area contributed by atoms with E-state index in [4.69, 9.17) is 18.9 Å². The summed E-state index contributed by atoms with van der Waals surface area (Å²) in [6, 6.07) is 7.91. The van der Waals surface area contributed by atoms with E-state index < -0.39 is 0 Å². The number of aromatic amines is 1. The summed E-state index contributed by atoms with van der Waals surface area (Å²) in [5, 5.41) is 2.15. The average Bonchev–Trinajstić information content (AvgIpc) is 2.92. The van der Waals surface area contributed by atoms with E-state index in [9.17, 15) is 0 Å². The van der Waals surface area contributed by atoms with Crippen LogP contribution in [0.3, 0.4) is 0 Å². The van der Waals surface area contributed by atoms with Gasteiger partial charge in [0, 0.05) is 10.8 Å². The predicted molar refractivity (Wildman–Crippen MR) is 79.9 cm³/mol.